The maximum atomic E-state index is 11.3. The van der Waals surface area contributed by atoms with E-state index in [4.69, 9.17) is 9.47 Å². The van der Waals surface area contributed by atoms with Crippen LogP contribution in [-0.4, -0.2) is 18.4 Å². The van der Waals surface area contributed by atoms with Crippen molar-refractivity contribution in [3.8, 4) is 0 Å². The van der Waals surface area contributed by atoms with Crippen LogP contribution < -0.4 is 0 Å². The second-order valence-electron chi connectivity index (χ2n) is 7.47. The minimum atomic E-state index is -0.371. The first-order valence-electron chi connectivity index (χ1n) is 8.52. The molecule has 0 amide bonds. The van der Waals surface area contributed by atoms with Crippen LogP contribution in [0.1, 0.15) is 52.4 Å². The summed E-state index contributed by atoms with van der Waals surface area (Å²) < 4.78 is 11.4. The molecule has 0 radical (unpaired) electrons. The molecule has 4 fully saturated rings. The Morgan fingerprint density at radius 2 is 1.85 bits per heavy atom. The van der Waals surface area contributed by atoms with E-state index in [2.05, 4.69) is 0 Å². The van der Waals surface area contributed by atoms with Crippen molar-refractivity contribution in [3.05, 3.63) is 0 Å². The van der Waals surface area contributed by atoms with E-state index in [0.29, 0.717) is 12.5 Å². The van der Waals surface area contributed by atoms with Crippen molar-refractivity contribution in [1.82, 2.24) is 0 Å². The van der Waals surface area contributed by atoms with Gasteiger partial charge < -0.3 is 9.47 Å². The lowest BCUT2D eigenvalue weighted by atomic mass is 9.70. The lowest BCUT2D eigenvalue weighted by molar-refractivity contribution is -0.193. The Morgan fingerprint density at radius 3 is 2.60 bits per heavy atom. The molecule has 0 N–H and O–H groups in total. The molecule has 4 bridgehead atoms. The molecule has 4 saturated carbocycles. The van der Waals surface area contributed by atoms with Crippen molar-refractivity contribution in [2.45, 2.75) is 64.8 Å². The lowest BCUT2D eigenvalue weighted by Gasteiger charge is -2.39. The van der Waals surface area contributed by atoms with Crippen molar-refractivity contribution in [3.63, 3.8) is 0 Å². The van der Waals surface area contributed by atoms with Gasteiger partial charge in [0, 0.05) is 6.42 Å². The molecule has 0 heterocycles. The van der Waals surface area contributed by atoms with E-state index >= 15 is 0 Å². The molecule has 20 heavy (non-hydrogen) atoms. The van der Waals surface area contributed by atoms with Crippen molar-refractivity contribution in [2.24, 2.45) is 35.5 Å². The zero-order valence-corrected chi connectivity index (χ0v) is 12.6. The van der Waals surface area contributed by atoms with Crippen LogP contribution in [0.2, 0.25) is 0 Å². The highest BCUT2D eigenvalue weighted by atomic mass is 16.7. The maximum absolute atomic E-state index is 11.3. The number of carbonyl (C=O) groups excluding carboxylic acids is 1. The van der Waals surface area contributed by atoms with Gasteiger partial charge >= 0.3 is 5.97 Å². The highest BCUT2D eigenvalue weighted by Gasteiger charge is 2.62. The topological polar surface area (TPSA) is 35.5 Å². The minimum absolute atomic E-state index is 0.154. The van der Waals surface area contributed by atoms with Crippen molar-refractivity contribution >= 4 is 5.97 Å². The van der Waals surface area contributed by atoms with Gasteiger partial charge in [0.05, 0.1) is 6.10 Å². The standard InChI is InChI=1S/C17H26O3/c1-3-15(18)20-9(2)19-14-8-12-7-13(14)17-11-5-4-10(6-11)16(12)17/h9-14,16-17H,3-8H2,1-2H3. The molecule has 112 valence electrons. The van der Waals surface area contributed by atoms with Gasteiger partial charge in [-0.05, 0) is 74.5 Å². The third-order valence-corrected chi connectivity index (χ3v) is 6.63. The molecule has 8 atom stereocenters. The molecule has 4 rings (SSSR count). The summed E-state index contributed by atoms with van der Waals surface area (Å²) in [5, 5.41) is 0. The van der Waals surface area contributed by atoms with Crippen molar-refractivity contribution < 1.29 is 14.3 Å². The molecule has 8 unspecified atom stereocenters. The molecular weight excluding hydrogens is 252 g/mol. The second kappa shape index (κ2) is 4.72. The quantitative estimate of drug-likeness (QED) is 0.449. The zero-order valence-electron chi connectivity index (χ0n) is 12.6. The minimum Gasteiger partial charge on any atom is -0.436 e. The van der Waals surface area contributed by atoms with Crippen LogP contribution in [0.4, 0.5) is 0 Å². The average Bonchev–Trinajstić information content (AvgIpc) is 3.16. The first kappa shape index (κ1) is 13.1. The summed E-state index contributed by atoms with van der Waals surface area (Å²) >= 11 is 0. The summed E-state index contributed by atoms with van der Waals surface area (Å²) in [6, 6.07) is 0. The summed E-state index contributed by atoms with van der Waals surface area (Å²) in [7, 11) is 0. The van der Waals surface area contributed by atoms with Gasteiger partial charge in [0.25, 0.3) is 0 Å². The summed E-state index contributed by atoms with van der Waals surface area (Å²) in [4.78, 5) is 11.3. The van der Waals surface area contributed by atoms with Gasteiger partial charge in [-0.3, -0.25) is 4.79 Å². The van der Waals surface area contributed by atoms with E-state index in [1.165, 1.54) is 32.1 Å². The normalized spacial score (nSPS) is 49.4. The lowest BCUT2D eigenvalue weighted by Crippen LogP contribution is -2.38. The van der Waals surface area contributed by atoms with E-state index in [-0.39, 0.29) is 12.3 Å². The van der Waals surface area contributed by atoms with E-state index in [9.17, 15) is 4.79 Å². The second-order valence-corrected chi connectivity index (χ2v) is 7.47. The molecule has 0 spiro atoms. The molecule has 0 aromatic carbocycles. The molecule has 4 aliphatic carbocycles. The van der Waals surface area contributed by atoms with Crippen molar-refractivity contribution in [2.75, 3.05) is 0 Å². The third-order valence-electron chi connectivity index (χ3n) is 6.63. The van der Waals surface area contributed by atoms with E-state index in [1.807, 2.05) is 13.8 Å². The average molecular weight is 278 g/mol. The Hall–Kier alpha value is -0.570. The highest BCUT2D eigenvalue weighted by Crippen LogP contribution is 2.67. The van der Waals surface area contributed by atoms with Crippen LogP contribution in [0.15, 0.2) is 0 Å². The summed E-state index contributed by atoms with van der Waals surface area (Å²) in [6.45, 7) is 3.70. The number of ether oxygens (including phenoxy) is 2. The Bertz CT molecular complexity index is 407. The fourth-order valence-electron chi connectivity index (χ4n) is 6.20. The first-order chi connectivity index (χ1) is 9.67. The van der Waals surface area contributed by atoms with Crippen LogP contribution in [0.25, 0.3) is 0 Å². The Balaban J connectivity index is 1.39. The summed E-state index contributed by atoms with van der Waals surface area (Å²) in [6.07, 6.45) is 7.44. The smallest absolute Gasteiger partial charge is 0.307 e. The number of hydrogen-bond donors (Lipinski definition) is 0. The Morgan fingerprint density at radius 1 is 1.10 bits per heavy atom. The van der Waals surface area contributed by atoms with Gasteiger partial charge in [-0.25, -0.2) is 0 Å². The Kier molecular flexibility index (Phi) is 3.10. The molecule has 3 heteroatoms. The number of fused-ring (bicyclic) bond motifs is 9. The molecule has 0 aliphatic heterocycles. The highest BCUT2D eigenvalue weighted by molar-refractivity contribution is 5.68. The van der Waals surface area contributed by atoms with Gasteiger partial charge in [-0.2, -0.15) is 0 Å². The van der Waals surface area contributed by atoms with E-state index in [1.54, 1.807) is 0 Å². The number of esters is 1. The van der Waals surface area contributed by atoms with Gasteiger partial charge in [-0.1, -0.05) is 6.92 Å². The summed E-state index contributed by atoms with van der Waals surface area (Å²) in [5.41, 5.74) is 0. The molecule has 4 aliphatic rings. The maximum Gasteiger partial charge on any atom is 0.307 e. The Labute approximate surface area is 121 Å². The molecule has 0 aromatic heterocycles. The molecular formula is C17H26O3. The first-order valence-corrected chi connectivity index (χ1v) is 8.52. The van der Waals surface area contributed by atoms with Crippen LogP contribution in [0, 0.1) is 35.5 Å². The van der Waals surface area contributed by atoms with Crippen LogP contribution in [0.5, 0.6) is 0 Å². The monoisotopic (exact) mass is 278 g/mol. The fourth-order valence-corrected chi connectivity index (χ4v) is 6.20. The number of hydrogen-bond acceptors (Lipinski definition) is 3. The van der Waals surface area contributed by atoms with Gasteiger partial charge in [0.15, 0.2) is 6.29 Å². The largest absolute Gasteiger partial charge is 0.436 e. The third kappa shape index (κ3) is 1.85. The molecule has 0 saturated heterocycles. The predicted octanol–water partition coefficient (Wildman–Crippen LogP) is 3.37. The van der Waals surface area contributed by atoms with Crippen LogP contribution in [0.3, 0.4) is 0 Å². The predicted molar refractivity (Wildman–Crippen MR) is 74.7 cm³/mol. The number of carbonyl (C=O) groups is 1. The van der Waals surface area contributed by atoms with Gasteiger partial charge in [0.1, 0.15) is 0 Å². The zero-order chi connectivity index (χ0) is 13.9. The SMILES string of the molecule is CCC(=O)OC(C)OC1CC2CC1C1C3CCC(C3)C21. The van der Waals surface area contributed by atoms with Crippen molar-refractivity contribution in [1.29, 1.82) is 0 Å². The fraction of sp³-hybridized carbons (Fsp3) is 0.941. The van der Waals surface area contributed by atoms with E-state index < -0.39 is 0 Å². The number of rotatable bonds is 4. The summed E-state index contributed by atoms with van der Waals surface area (Å²) in [5.74, 6) is 5.48. The van der Waals surface area contributed by atoms with Crippen LogP contribution >= 0.6 is 0 Å². The van der Waals surface area contributed by atoms with Crippen LogP contribution in [-0.2, 0) is 14.3 Å². The molecule has 3 nitrogen and oxygen atoms in total. The van der Waals surface area contributed by atoms with Gasteiger partial charge in [-0.15, -0.1) is 0 Å². The molecule has 0 aromatic rings. The van der Waals surface area contributed by atoms with Gasteiger partial charge in [0.2, 0.25) is 0 Å². The van der Waals surface area contributed by atoms with E-state index in [0.717, 1.165) is 35.5 Å².